The van der Waals surface area contributed by atoms with Gasteiger partial charge in [-0.15, -0.1) is 0 Å². The van der Waals surface area contributed by atoms with E-state index < -0.39 is 0 Å². The van der Waals surface area contributed by atoms with Crippen LogP contribution in [0.2, 0.25) is 0 Å². The van der Waals surface area contributed by atoms with E-state index in [1.807, 2.05) is 20.0 Å². The third-order valence-electron chi connectivity index (χ3n) is 2.96. The van der Waals surface area contributed by atoms with Crippen LogP contribution in [0.5, 0.6) is 0 Å². The van der Waals surface area contributed by atoms with Gasteiger partial charge in [-0.2, -0.15) is 0 Å². The molecule has 1 aliphatic rings. The molecule has 1 aromatic carbocycles. The summed E-state index contributed by atoms with van der Waals surface area (Å²) in [5.41, 5.74) is 3.65. The zero-order valence-corrected chi connectivity index (χ0v) is 10.6. The minimum Gasteiger partial charge on any atom is -0.355 e. The van der Waals surface area contributed by atoms with Crippen LogP contribution >= 0.6 is 0 Å². The second-order valence-electron chi connectivity index (χ2n) is 4.35. The fourth-order valence-electron chi connectivity index (χ4n) is 2.06. The molecule has 0 aliphatic carbocycles. The lowest BCUT2D eigenvalue weighted by molar-refractivity contribution is 0.341. The van der Waals surface area contributed by atoms with Gasteiger partial charge in [0, 0.05) is 31.1 Å². The largest absolute Gasteiger partial charge is 0.355 e. The number of benzene rings is 1. The van der Waals surface area contributed by atoms with Crippen molar-refractivity contribution in [3.05, 3.63) is 47.7 Å². The van der Waals surface area contributed by atoms with Crippen molar-refractivity contribution in [2.24, 2.45) is 4.99 Å². The summed E-state index contributed by atoms with van der Waals surface area (Å²) >= 11 is 0. The summed E-state index contributed by atoms with van der Waals surface area (Å²) in [5.74, 6) is 0. The second-order valence-corrected chi connectivity index (χ2v) is 4.35. The molecular weight excluding hydrogens is 210 g/mol. The topological polar surface area (TPSA) is 27.6 Å². The van der Waals surface area contributed by atoms with E-state index >= 15 is 0 Å². The van der Waals surface area contributed by atoms with Gasteiger partial charge >= 0.3 is 0 Å². The molecule has 1 atom stereocenters. The van der Waals surface area contributed by atoms with Gasteiger partial charge in [0.05, 0.1) is 0 Å². The Kier molecular flexibility index (Phi) is 3.59. The Hall–Kier alpha value is -1.61. The van der Waals surface area contributed by atoms with E-state index in [1.165, 1.54) is 11.1 Å². The molecule has 0 amide bonds. The van der Waals surface area contributed by atoms with E-state index in [1.54, 1.807) is 0 Å². The first-order chi connectivity index (χ1) is 8.22. The number of hydrogen-bond acceptors (Lipinski definition) is 3. The van der Waals surface area contributed by atoms with Crippen LogP contribution in [0.3, 0.4) is 0 Å². The Balaban J connectivity index is 2.36. The molecule has 1 aromatic rings. The average molecular weight is 229 g/mol. The highest BCUT2D eigenvalue weighted by Crippen LogP contribution is 2.27. The minimum absolute atomic E-state index is 0.101. The molecule has 3 heteroatoms. The lowest BCUT2D eigenvalue weighted by Gasteiger charge is -2.28. The number of allylic oxidation sites excluding steroid dienone is 1. The summed E-state index contributed by atoms with van der Waals surface area (Å²) in [6.45, 7) is 2.91. The first-order valence-electron chi connectivity index (χ1n) is 5.89. The van der Waals surface area contributed by atoms with Crippen molar-refractivity contribution in [3.63, 3.8) is 0 Å². The molecule has 1 unspecified atom stereocenters. The number of hydrogen-bond donors (Lipinski definition) is 1. The lowest BCUT2D eigenvalue weighted by atomic mass is 10.0. The van der Waals surface area contributed by atoms with Gasteiger partial charge in [-0.1, -0.05) is 24.3 Å². The molecule has 0 bridgehead atoms. The highest BCUT2D eigenvalue weighted by molar-refractivity contribution is 5.93. The van der Waals surface area contributed by atoms with Gasteiger partial charge in [0.15, 0.2) is 0 Å². The Morgan fingerprint density at radius 2 is 2.12 bits per heavy atom. The molecule has 1 heterocycles. The van der Waals surface area contributed by atoms with Crippen LogP contribution in [0, 0.1) is 0 Å². The number of aliphatic imine (C=N–C) groups is 1. The Labute approximate surface area is 103 Å². The molecule has 0 saturated carbocycles. The third-order valence-corrected chi connectivity index (χ3v) is 2.96. The van der Waals surface area contributed by atoms with Crippen LogP contribution in [-0.4, -0.2) is 24.7 Å². The predicted octanol–water partition coefficient (Wildman–Crippen LogP) is 2.32. The van der Waals surface area contributed by atoms with Crippen molar-refractivity contribution in [2.75, 3.05) is 14.1 Å². The second kappa shape index (κ2) is 5.15. The molecule has 17 heavy (non-hydrogen) atoms. The summed E-state index contributed by atoms with van der Waals surface area (Å²) in [5, 5.41) is 3.20. The normalized spacial score (nSPS) is 19.4. The van der Waals surface area contributed by atoms with E-state index in [-0.39, 0.29) is 6.17 Å². The van der Waals surface area contributed by atoms with E-state index in [4.69, 9.17) is 4.99 Å². The van der Waals surface area contributed by atoms with Crippen LogP contribution in [0.4, 0.5) is 0 Å². The Morgan fingerprint density at radius 1 is 1.35 bits per heavy atom. The van der Waals surface area contributed by atoms with Gasteiger partial charge in [0.2, 0.25) is 0 Å². The van der Waals surface area contributed by atoms with Gasteiger partial charge in [0.1, 0.15) is 6.17 Å². The van der Waals surface area contributed by atoms with Gasteiger partial charge in [-0.05, 0) is 25.6 Å². The molecule has 3 nitrogen and oxygen atoms in total. The van der Waals surface area contributed by atoms with E-state index in [2.05, 4.69) is 47.7 Å². The van der Waals surface area contributed by atoms with Crippen LogP contribution in [0.25, 0.3) is 0 Å². The molecule has 0 aromatic heterocycles. The number of nitrogens with one attached hydrogen (secondary N) is 1. The molecule has 0 fully saturated rings. The van der Waals surface area contributed by atoms with Crippen LogP contribution in [-0.2, 0) is 6.54 Å². The molecule has 0 spiro atoms. The number of nitrogens with zero attached hydrogens (tertiary/aromatic N) is 2. The first kappa shape index (κ1) is 11.9. The average Bonchev–Trinajstić information content (AvgIpc) is 2.34. The molecule has 2 rings (SSSR count). The van der Waals surface area contributed by atoms with Gasteiger partial charge in [-0.25, -0.2) is 0 Å². The lowest BCUT2D eigenvalue weighted by Crippen LogP contribution is -2.23. The van der Waals surface area contributed by atoms with Gasteiger partial charge in [-0.3, -0.25) is 4.99 Å². The van der Waals surface area contributed by atoms with E-state index in [0.717, 1.165) is 12.3 Å². The number of rotatable bonds is 3. The van der Waals surface area contributed by atoms with E-state index in [0.29, 0.717) is 0 Å². The maximum atomic E-state index is 4.70. The minimum atomic E-state index is 0.101. The van der Waals surface area contributed by atoms with Crippen molar-refractivity contribution < 1.29 is 0 Å². The Morgan fingerprint density at radius 3 is 2.88 bits per heavy atom. The van der Waals surface area contributed by atoms with Crippen LogP contribution in [0.1, 0.15) is 24.2 Å². The monoisotopic (exact) mass is 229 g/mol. The van der Waals surface area contributed by atoms with E-state index in [9.17, 15) is 0 Å². The quantitative estimate of drug-likeness (QED) is 0.861. The molecule has 1 aliphatic heterocycles. The smallest absolute Gasteiger partial charge is 0.147 e. The van der Waals surface area contributed by atoms with Crippen molar-refractivity contribution in [1.82, 2.24) is 10.2 Å². The predicted molar refractivity (Wildman–Crippen MR) is 72.0 cm³/mol. The maximum absolute atomic E-state index is 4.70. The highest BCUT2D eigenvalue weighted by atomic mass is 15.2. The highest BCUT2D eigenvalue weighted by Gasteiger charge is 2.18. The molecule has 0 saturated heterocycles. The van der Waals surface area contributed by atoms with Crippen molar-refractivity contribution >= 4 is 5.71 Å². The van der Waals surface area contributed by atoms with Crippen molar-refractivity contribution in [3.8, 4) is 0 Å². The van der Waals surface area contributed by atoms with Crippen LogP contribution < -0.4 is 5.32 Å². The molecule has 90 valence electrons. The van der Waals surface area contributed by atoms with Gasteiger partial charge in [0.25, 0.3) is 0 Å². The first-order valence-corrected chi connectivity index (χ1v) is 5.89. The molecular formula is C14H19N3. The van der Waals surface area contributed by atoms with Crippen LogP contribution in [0.15, 0.2) is 41.5 Å². The molecule has 1 N–H and O–H groups in total. The fourth-order valence-corrected chi connectivity index (χ4v) is 2.06. The standard InChI is InChI=1S/C14H19N3/c1-11-8-9-17(3)14(16-11)13-7-5-4-6-12(13)10-15-2/h4-9,14-15H,10H2,1-3H3. The van der Waals surface area contributed by atoms with Crippen molar-refractivity contribution in [2.45, 2.75) is 19.6 Å². The third kappa shape index (κ3) is 2.56. The maximum Gasteiger partial charge on any atom is 0.147 e. The summed E-state index contributed by atoms with van der Waals surface area (Å²) in [6, 6.07) is 8.46. The summed E-state index contributed by atoms with van der Waals surface area (Å²) in [7, 11) is 4.03. The summed E-state index contributed by atoms with van der Waals surface area (Å²) in [6.07, 6.45) is 4.23. The SMILES string of the molecule is CNCc1ccccc1C1N=C(C)C=CN1C. The summed E-state index contributed by atoms with van der Waals surface area (Å²) < 4.78 is 0. The molecule has 0 radical (unpaired) electrons. The zero-order valence-electron chi connectivity index (χ0n) is 10.6. The summed E-state index contributed by atoms with van der Waals surface area (Å²) in [4.78, 5) is 6.84. The Bertz CT molecular complexity index is 449. The zero-order chi connectivity index (χ0) is 12.3. The van der Waals surface area contributed by atoms with Crippen molar-refractivity contribution in [1.29, 1.82) is 0 Å². The fraction of sp³-hybridized carbons (Fsp3) is 0.357. The van der Waals surface area contributed by atoms with Gasteiger partial charge < -0.3 is 10.2 Å².